The van der Waals surface area contributed by atoms with Gasteiger partial charge in [0.05, 0.1) is 13.2 Å². The number of hydrogen-bond donors (Lipinski definition) is 0. The van der Waals surface area contributed by atoms with Gasteiger partial charge in [0.15, 0.2) is 11.6 Å². The van der Waals surface area contributed by atoms with Crippen molar-refractivity contribution in [1.82, 2.24) is 19.7 Å². The fraction of sp³-hybridized carbons (Fsp3) is 0.571. The van der Waals surface area contributed by atoms with Crippen molar-refractivity contribution >= 4 is 5.91 Å². The number of methoxy groups -OCH3 is 1. The van der Waals surface area contributed by atoms with Crippen LogP contribution in [-0.2, 0) is 22.5 Å². The molecule has 28 heavy (non-hydrogen) atoms. The Morgan fingerprint density at radius 1 is 1.21 bits per heavy atom. The van der Waals surface area contributed by atoms with Gasteiger partial charge in [0.25, 0.3) is 0 Å². The lowest BCUT2D eigenvalue weighted by Gasteiger charge is -2.41. The molecule has 1 saturated carbocycles. The SMILES string of the molecule is CCCn1nc(CC)nc1[C@H]1OCC(=O)N(C2CC2)[C@@H]1c1ccc(OC)cc1. The van der Waals surface area contributed by atoms with E-state index in [4.69, 9.17) is 14.5 Å². The first kappa shape index (κ1) is 18.9. The highest BCUT2D eigenvalue weighted by atomic mass is 16.5. The van der Waals surface area contributed by atoms with Crippen LogP contribution in [0.15, 0.2) is 24.3 Å². The molecule has 1 aliphatic carbocycles. The number of hydrogen-bond acceptors (Lipinski definition) is 5. The van der Waals surface area contributed by atoms with Crippen LogP contribution in [0.2, 0.25) is 0 Å². The molecular formula is C21H28N4O3. The highest BCUT2D eigenvalue weighted by Crippen LogP contribution is 2.45. The second-order valence-corrected chi connectivity index (χ2v) is 7.44. The van der Waals surface area contributed by atoms with E-state index in [2.05, 4.69) is 18.9 Å². The van der Waals surface area contributed by atoms with Gasteiger partial charge >= 0.3 is 0 Å². The van der Waals surface area contributed by atoms with Crippen molar-refractivity contribution in [2.75, 3.05) is 13.7 Å². The molecule has 1 saturated heterocycles. The summed E-state index contributed by atoms with van der Waals surface area (Å²) in [5, 5.41) is 4.66. The largest absolute Gasteiger partial charge is 0.497 e. The predicted octanol–water partition coefficient (Wildman–Crippen LogP) is 3.06. The molecule has 0 spiro atoms. The second kappa shape index (κ2) is 7.91. The van der Waals surface area contributed by atoms with Crippen LogP contribution < -0.4 is 4.74 Å². The average Bonchev–Trinajstić information content (AvgIpc) is 3.48. The van der Waals surface area contributed by atoms with E-state index in [9.17, 15) is 4.79 Å². The molecule has 4 rings (SSSR count). The fourth-order valence-electron chi connectivity index (χ4n) is 3.90. The Balaban J connectivity index is 1.77. The summed E-state index contributed by atoms with van der Waals surface area (Å²) in [5.41, 5.74) is 1.04. The van der Waals surface area contributed by atoms with Crippen LogP contribution in [0.1, 0.15) is 62.5 Å². The van der Waals surface area contributed by atoms with Gasteiger partial charge in [-0.05, 0) is 37.0 Å². The highest BCUT2D eigenvalue weighted by Gasteiger charge is 2.47. The lowest BCUT2D eigenvalue weighted by molar-refractivity contribution is -0.160. The molecular weight excluding hydrogens is 356 g/mol. The summed E-state index contributed by atoms with van der Waals surface area (Å²) in [7, 11) is 1.65. The smallest absolute Gasteiger partial charge is 0.249 e. The summed E-state index contributed by atoms with van der Waals surface area (Å²) in [4.78, 5) is 19.6. The summed E-state index contributed by atoms with van der Waals surface area (Å²) < 4.78 is 13.4. The lowest BCUT2D eigenvalue weighted by atomic mass is 9.96. The summed E-state index contributed by atoms with van der Waals surface area (Å²) >= 11 is 0. The van der Waals surface area contributed by atoms with Gasteiger partial charge in [-0.25, -0.2) is 9.67 Å². The molecule has 0 unspecified atom stereocenters. The van der Waals surface area contributed by atoms with Gasteiger partial charge in [-0.2, -0.15) is 5.10 Å². The van der Waals surface area contributed by atoms with Gasteiger partial charge in [-0.15, -0.1) is 0 Å². The first-order valence-corrected chi connectivity index (χ1v) is 10.2. The van der Waals surface area contributed by atoms with Crippen molar-refractivity contribution in [1.29, 1.82) is 0 Å². The van der Waals surface area contributed by atoms with Crippen LogP contribution in [0.3, 0.4) is 0 Å². The summed E-state index contributed by atoms with van der Waals surface area (Å²) in [5.74, 6) is 2.48. The number of carbonyl (C=O) groups is 1. The normalized spacial score (nSPS) is 22.5. The van der Waals surface area contributed by atoms with E-state index >= 15 is 0 Å². The molecule has 1 amide bonds. The van der Waals surface area contributed by atoms with Crippen LogP contribution in [0.4, 0.5) is 0 Å². The molecule has 150 valence electrons. The first-order valence-electron chi connectivity index (χ1n) is 10.2. The molecule has 2 fully saturated rings. The quantitative estimate of drug-likeness (QED) is 0.734. The number of benzene rings is 1. The topological polar surface area (TPSA) is 69.5 Å². The number of ether oxygens (including phenoxy) is 2. The molecule has 1 aromatic heterocycles. The van der Waals surface area contributed by atoms with Crippen LogP contribution in [0.5, 0.6) is 5.75 Å². The van der Waals surface area contributed by atoms with Crippen LogP contribution >= 0.6 is 0 Å². The van der Waals surface area contributed by atoms with E-state index in [-0.39, 0.29) is 24.7 Å². The van der Waals surface area contributed by atoms with Crippen molar-refractivity contribution in [2.24, 2.45) is 0 Å². The second-order valence-electron chi connectivity index (χ2n) is 7.44. The minimum Gasteiger partial charge on any atom is -0.497 e. The molecule has 2 aromatic rings. The summed E-state index contributed by atoms with van der Waals surface area (Å²) in [6.07, 6.45) is 3.51. The maximum Gasteiger partial charge on any atom is 0.249 e. The number of aromatic nitrogens is 3. The fourth-order valence-corrected chi connectivity index (χ4v) is 3.90. The molecule has 2 atom stereocenters. The maximum atomic E-state index is 12.8. The van der Waals surface area contributed by atoms with E-state index in [0.717, 1.165) is 55.2 Å². The third-order valence-electron chi connectivity index (χ3n) is 5.41. The van der Waals surface area contributed by atoms with Crippen molar-refractivity contribution in [3.63, 3.8) is 0 Å². The van der Waals surface area contributed by atoms with Crippen LogP contribution in [0.25, 0.3) is 0 Å². The molecule has 1 aliphatic heterocycles. The molecule has 0 bridgehead atoms. The Morgan fingerprint density at radius 2 is 1.96 bits per heavy atom. The van der Waals surface area contributed by atoms with Gasteiger partial charge in [-0.1, -0.05) is 26.0 Å². The zero-order valence-electron chi connectivity index (χ0n) is 16.8. The molecule has 7 heteroatoms. The zero-order valence-corrected chi connectivity index (χ0v) is 16.8. The van der Waals surface area contributed by atoms with Gasteiger partial charge in [0.1, 0.15) is 18.5 Å². The zero-order chi connectivity index (χ0) is 19.7. The van der Waals surface area contributed by atoms with Crippen molar-refractivity contribution in [3.8, 4) is 5.75 Å². The van der Waals surface area contributed by atoms with E-state index < -0.39 is 0 Å². The van der Waals surface area contributed by atoms with Gasteiger partial charge in [0.2, 0.25) is 5.91 Å². The minimum absolute atomic E-state index is 0.0526. The Morgan fingerprint density at radius 3 is 2.57 bits per heavy atom. The summed E-state index contributed by atoms with van der Waals surface area (Å²) in [6.45, 7) is 5.06. The standard InChI is InChI=1S/C21H28N4O3/c1-4-12-24-21(22-17(5-2)23-24)20-19(14-6-10-16(27-3)11-7-14)25(15-8-9-15)18(26)13-28-20/h6-7,10-11,15,19-20H,4-5,8-9,12-13H2,1-3H3/t19-,20+/m1/s1. The summed E-state index contributed by atoms with van der Waals surface area (Å²) in [6, 6.07) is 8.00. The number of nitrogens with zero attached hydrogens (tertiary/aromatic N) is 4. The van der Waals surface area contributed by atoms with Crippen molar-refractivity contribution < 1.29 is 14.3 Å². The van der Waals surface area contributed by atoms with E-state index in [1.165, 1.54) is 0 Å². The number of aryl methyl sites for hydroxylation is 2. The molecule has 1 aromatic carbocycles. The van der Waals surface area contributed by atoms with Crippen LogP contribution in [0, 0.1) is 0 Å². The number of amides is 1. The predicted molar refractivity (Wildman–Crippen MR) is 104 cm³/mol. The average molecular weight is 384 g/mol. The van der Waals surface area contributed by atoms with E-state index in [1.54, 1.807) is 7.11 Å². The number of carbonyl (C=O) groups excluding carboxylic acids is 1. The first-order chi connectivity index (χ1) is 13.7. The van der Waals surface area contributed by atoms with Gasteiger partial charge < -0.3 is 14.4 Å². The van der Waals surface area contributed by atoms with Crippen molar-refractivity contribution in [2.45, 2.75) is 64.3 Å². The third kappa shape index (κ3) is 3.51. The Hall–Kier alpha value is -2.41. The lowest BCUT2D eigenvalue weighted by Crippen LogP contribution is -2.47. The molecule has 2 heterocycles. The number of rotatable bonds is 7. The Kier molecular flexibility index (Phi) is 5.35. The van der Waals surface area contributed by atoms with E-state index in [0.29, 0.717) is 6.04 Å². The van der Waals surface area contributed by atoms with Gasteiger partial charge in [0, 0.05) is 19.0 Å². The monoisotopic (exact) mass is 384 g/mol. The molecule has 2 aliphatic rings. The van der Waals surface area contributed by atoms with Crippen molar-refractivity contribution in [3.05, 3.63) is 41.5 Å². The minimum atomic E-state index is -0.328. The molecule has 0 radical (unpaired) electrons. The van der Waals surface area contributed by atoms with Gasteiger partial charge in [-0.3, -0.25) is 4.79 Å². The van der Waals surface area contributed by atoms with Crippen LogP contribution in [-0.4, -0.2) is 45.3 Å². The Bertz CT molecular complexity index is 829. The third-order valence-corrected chi connectivity index (χ3v) is 5.41. The maximum absolute atomic E-state index is 12.8. The molecule has 0 N–H and O–H groups in total. The van der Waals surface area contributed by atoms with E-state index in [1.807, 2.05) is 33.8 Å². The highest BCUT2D eigenvalue weighted by molar-refractivity contribution is 5.79. The number of morpholine rings is 1. The molecule has 7 nitrogen and oxygen atoms in total. The Labute approximate surface area is 165 Å².